The number of nitro groups is 1. The number of rotatable bonds is 6. The van der Waals surface area contributed by atoms with Crippen molar-refractivity contribution in [3.63, 3.8) is 0 Å². The van der Waals surface area contributed by atoms with Crippen molar-refractivity contribution in [2.24, 2.45) is 5.18 Å². The first kappa shape index (κ1) is 17.5. The summed E-state index contributed by atoms with van der Waals surface area (Å²) in [5.74, 6) is 0.366. The van der Waals surface area contributed by atoms with E-state index >= 15 is 0 Å². The smallest absolute Gasteiger partial charge is 0.270 e. The molecule has 0 radical (unpaired) electrons. The third kappa shape index (κ3) is 2.90. The van der Waals surface area contributed by atoms with E-state index in [9.17, 15) is 20.1 Å². The Labute approximate surface area is 158 Å². The first-order valence-electron chi connectivity index (χ1n) is 8.53. The quantitative estimate of drug-likeness (QED) is 0.293. The fourth-order valence-corrected chi connectivity index (χ4v) is 3.31. The molecule has 0 bridgehead atoms. The molecule has 140 valence electrons. The maximum Gasteiger partial charge on any atom is 0.270 e. The van der Waals surface area contributed by atoms with Gasteiger partial charge < -0.3 is 14.4 Å². The van der Waals surface area contributed by atoms with Gasteiger partial charge in [0.1, 0.15) is 12.4 Å². The second kappa shape index (κ2) is 6.99. The number of fused-ring (bicyclic) bond motifs is 2. The van der Waals surface area contributed by atoms with Crippen molar-refractivity contribution in [3.8, 4) is 11.6 Å². The Morgan fingerprint density at radius 1 is 1.07 bits per heavy atom. The van der Waals surface area contributed by atoms with Gasteiger partial charge in [0.25, 0.3) is 5.69 Å². The summed E-state index contributed by atoms with van der Waals surface area (Å²) in [5, 5.41) is 26.4. The van der Waals surface area contributed by atoms with Gasteiger partial charge in [0, 0.05) is 22.9 Å². The molecule has 0 fully saturated rings. The van der Waals surface area contributed by atoms with E-state index in [1.807, 2.05) is 42.5 Å². The molecular weight excluding hydrogens is 362 g/mol. The van der Waals surface area contributed by atoms with Gasteiger partial charge in [-0.3, -0.25) is 10.1 Å². The van der Waals surface area contributed by atoms with E-state index in [-0.39, 0.29) is 35.8 Å². The highest BCUT2D eigenvalue weighted by Gasteiger charge is 2.20. The first-order valence-corrected chi connectivity index (χ1v) is 8.53. The van der Waals surface area contributed by atoms with Crippen molar-refractivity contribution in [2.75, 3.05) is 6.61 Å². The summed E-state index contributed by atoms with van der Waals surface area (Å²) in [6, 6.07) is 17.6. The van der Waals surface area contributed by atoms with Crippen LogP contribution in [0.1, 0.15) is 0 Å². The molecule has 1 N–H and O–H groups in total. The van der Waals surface area contributed by atoms with E-state index in [0.717, 1.165) is 10.8 Å². The van der Waals surface area contributed by atoms with Crippen LogP contribution in [0.15, 0.2) is 65.8 Å². The highest BCUT2D eigenvalue weighted by atomic mass is 16.6. The Hall–Kier alpha value is -3.94. The molecule has 0 aliphatic carbocycles. The van der Waals surface area contributed by atoms with Crippen molar-refractivity contribution in [1.29, 1.82) is 0 Å². The lowest BCUT2D eigenvalue weighted by Gasteiger charge is -2.11. The Morgan fingerprint density at radius 2 is 1.86 bits per heavy atom. The lowest BCUT2D eigenvalue weighted by molar-refractivity contribution is -0.384. The van der Waals surface area contributed by atoms with Crippen LogP contribution in [0.5, 0.6) is 11.6 Å². The van der Waals surface area contributed by atoms with Crippen LogP contribution in [0.2, 0.25) is 0 Å². The van der Waals surface area contributed by atoms with Gasteiger partial charge in [0.05, 0.1) is 17.0 Å². The Morgan fingerprint density at radius 3 is 2.64 bits per heavy atom. The lowest BCUT2D eigenvalue weighted by Crippen LogP contribution is -2.08. The van der Waals surface area contributed by atoms with E-state index in [1.165, 1.54) is 22.8 Å². The number of nitroso groups, excluding NO2 is 1. The number of benzene rings is 3. The molecule has 3 aromatic carbocycles. The molecule has 0 unspecified atom stereocenters. The average Bonchev–Trinajstić information content (AvgIpc) is 2.98. The molecule has 28 heavy (non-hydrogen) atoms. The van der Waals surface area contributed by atoms with Crippen molar-refractivity contribution in [1.82, 2.24) is 4.57 Å². The summed E-state index contributed by atoms with van der Waals surface area (Å²) in [5.41, 5.74) is 0.0737. The molecule has 0 saturated carbocycles. The highest BCUT2D eigenvalue weighted by Crippen LogP contribution is 2.40. The number of nitro benzene ring substituents is 1. The summed E-state index contributed by atoms with van der Waals surface area (Å²) in [6.07, 6.45) is 0. The zero-order chi connectivity index (χ0) is 19.7. The molecular formula is C20H15N3O5. The summed E-state index contributed by atoms with van der Waals surface area (Å²) >= 11 is 0. The average molecular weight is 377 g/mol. The number of aromatic hydroxyl groups is 1. The largest absolute Gasteiger partial charge is 0.493 e. The topological polar surface area (TPSA) is 107 Å². The summed E-state index contributed by atoms with van der Waals surface area (Å²) < 4.78 is 7.34. The molecule has 0 aliphatic rings. The van der Waals surface area contributed by atoms with Crippen LogP contribution in [0.3, 0.4) is 0 Å². The van der Waals surface area contributed by atoms with Crippen LogP contribution in [0, 0.1) is 15.0 Å². The lowest BCUT2D eigenvalue weighted by atomic mass is 10.1. The molecule has 0 aliphatic heterocycles. The SMILES string of the molecule is O=Nc1c(O)n(CCOc2cccc3ccccc23)c2ccc([N+](=O)[O-])cc12. The Balaban J connectivity index is 1.64. The number of non-ortho nitro benzene ring substituents is 1. The van der Waals surface area contributed by atoms with Gasteiger partial charge in [-0.05, 0) is 22.7 Å². The monoisotopic (exact) mass is 377 g/mol. The van der Waals surface area contributed by atoms with Crippen LogP contribution >= 0.6 is 0 Å². The normalized spacial score (nSPS) is 11.0. The van der Waals surface area contributed by atoms with Crippen molar-refractivity contribution < 1.29 is 14.8 Å². The zero-order valence-corrected chi connectivity index (χ0v) is 14.6. The van der Waals surface area contributed by atoms with Crippen LogP contribution in [0.4, 0.5) is 11.4 Å². The van der Waals surface area contributed by atoms with Gasteiger partial charge >= 0.3 is 0 Å². The standard InChI is InChI=1S/C20H15N3O5/c24-20-19(21-25)16-12-14(23(26)27)8-9-17(16)22(20)10-11-28-18-7-3-5-13-4-1-2-6-15(13)18/h1-9,12,24H,10-11H2. The second-order valence-corrected chi connectivity index (χ2v) is 6.20. The molecule has 8 heteroatoms. The van der Waals surface area contributed by atoms with E-state index in [0.29, 0.717) is 11.3 Å². The van der Waals surface area contributed by atoms with Crippen LogP contribution in [0.25, 0.3) is 21.7 Å². The van der Waals surface area contributed by atoms with E-state index in [2.05, 4.69) is 5.18 Å². The van der Waals surface area contributed by atoms with Gasteiger partial charge in [-0.2, -0.15) is 0 Å². The minimum atomic E-state index is -0.563. The van der Waals surface area contributed by atoms with Crippen molar-refractivity contribution in [3.05, 3.63) is 75.7 Å². The second-order valence-electron chi connectivity index (χ2n) is 6.20. The molecule has 4 aromatic rings. The molecule has 0 atom stereocenters. The number of aromatic nitrogens is 1. The molecule has 0 saturated heterocycles. The maximum absolute atomic E-state index is 11.2. The number of nitrogens with zero attached hydrogens (tertiary/aromatic N) is 3. The first-order chi connectivity index (χ1) is 13.6. The predicted octanol–water partition coefficient (Wildman–Crippen LogP) is 4.89. The van der Waals surface area contributed by atoms with E-state index in [1.54, 1.807) is 0 Å². The number of hydrogen-bond acceptors (Lipinski definition) is 6. The highest BCUT2D eigenvalue weighted by molar-refractivity contribution is 5.96. The fourth-order valence-electron chi connectivity index (χ4n) is 3.31. The molecule has 4 rings (SSSR count). The van der Waals surface area contributed by atoms with Gasteiger partial charge in [-0.1, -0.05) is 36.4 Å². The minimum Gasteiger partial charge on any atom is -0.493 e. The summed E-state index contributed by atoms with van der Waals surface area (Å²) in [7, 11) is 0. The molecule has 1 aromatic heterocycles. The Kier molecular flexibility index (Phi) is 4.36. The third-order valence-electron chi connectivity index (χ3n) is 4.62. The van der Waals surface area contributed by atoms with Gasteiger partial charge in [-0.15, -0.1) is 4.91 Å². The van der Waals surface area contributed by atoms with Crippen molar-refractivity contribution >= 4 is 33.1 Å². The number of ether oxygens (including phenoxy) is 1. The fraction of sp³-hybridized carbons (Fsp3) is 0.100. The molecule has 8 nitrogen and oxygen atoms in total. The zero-order valence-electron chi connectivity index (χ0n) is 14.6. The van der Waals surface area contributed by atoms with Gasteiger partial charge in [0.2, 0.25) is 5.88 Å². The predicted molar refractivity (Wildman–Crippen MR) is 105 cm³/mol. The van der Waals surface area contributed by atoms with E-state index < -0.39 is 4.92 Å². The molecule has 0 spiro atoms. The van der Waals surface area contributed by atoms with Crippen LogP contribution in [-0.4, -0.2) is 21.2 Å². The summed E-state index contributed by atoms with van der Waals surface area (Å²) in [4.78, 5) is 21.6. The third-order valence-corrected chi connectivity index (χ3v) is 4.62. The van der Waals surface area contributed by atoms with Crippen LogP contribution < -0.4 is 4.74 Å². The van der Waals surface area contributed by atoms with Crippen molar-refractivity contribution in [2.45, 2.75) is 6.54 Å². The maximum atomic E-state index is 11.2. The van der Waals surface area contributed by atoms with Gasteiger partial charge in [0.15, 0.2) is 5.69 Å². The Bertz CT molecular complexity index is 1210. The number of hydrogen-bond donors (Lipinski definition) is 1. The van der Waals surface area contributed by atoms with E-state index in [4.69, 9.17) is 4.74 Å². The van der Waals surface area contributed by atoms with Crippen LogP contribution in [-0.2, 0) is 6.54 Å². The van der Waals surface area contributed by atoms with Gasteiger partial charge in [-0.25, -0.2) is 0 Å². The molecule has 0 amide bonds. The summed E-state index contributed by atoms with van der Waals surface area (Å²) in [6.45, 7) is 0.458. The molecule has 1 heterocycles. The minimum absolute atomic E-state index is 0.179.